The Morgan fingerprint density at radius 3 is 2.74 bits per heavy atom. The molecule has 8 rings (SSSR count). The number of hydrogen-bond donors (Lipinski definition) is 2. The zero-order valence-corrected chi connectivity index (χ0v) is 25.6. The minimum atomic E-state index is -0.903. The predicted octanol–water partition coefficient (Wildman–Crippen LogP) is 4.94. The number of fused-ring (bicyclic) bond motifs is 5. The van der Waals surface area contributed by atoms with E-state index in [4.69, 9.17) is 21.1 Å². The summed E-state index contributed by atoms with van der Waals surface area (Å²) in [4.78, 5) is 18.7. The van der Waals surface area contributed by atoms with Crippen LogP contribution in [-0.2, 0) is 0 Å². The average Bonchev–Trinajstić information content (AvgIpc) is 3.70. The van der Waals surface area contributed by atoms with Gasteiger partial charge in [0.1, 0.15) is 41.3 Å². The van der Waals surface area contributed by atoms with Crippen molar-refractivity contribution in [2.75, 3.05) is 37.7 Å². The van der Waals surface area contributed by atoms with E-state index in [0.717, 1.165) is 32.2 Å². The highest BCUT2D eigenvalue weighted by molar-refractivity contribution is 6.04. The maximum absolute atomic E-state index is 17.1. The van der Waals surface area contributed by atoms with Crippen LogP contribution in [0.2, 0.25) is 0 Å². The number of nitrogens with zero attached hydrogens (tertiary/aromatic N) is 5. The van der Waals surface area contributed by atoms with Crippen LogP contribution in [-0.4, -0.2) is 81.5 Å². The van der Waals surface area contributed by atoms with E-state index in [1.54, 1.807) is 25.1 Å². The molecule has 4 aliphatic rings. The number of nitrogens with one attached hydrogen (secondary N) is 1. The third-order valence-corrected chi connectivity index (χ3v) is 10.1. The number of phenolic OH excluding ortho intramolecular Hbond substituents is 1. The summed E-state index contributed by atoms with van der Waals surface area (Å²) in [6.45, 7) is 4.53. The lowest BCUT2D eigenvalue weighted by atomic mass is 9.95. The topological polar surface area (TPSA) is 86.6 Å². The third-order valence-electron chi connectivity index (χ3n) is 10.1. The number of aromatic hydroxyl groups is 1. The Morgan fingerprint density at radius 2 is 1.96 bits per heavy atom. The number of halogens is 2. The van der Waals surface area contributed by atoms with E-state index in [0.29, 0.717) is 64.9 Å². The van der Waals surface area contributed by atoms with Crippen molar-refractivity contribution in [3.05, 3.63) is 47.4 Å². The second-order valence-corrected chi connectivity index (χ2v) is 13.0. The molecule has 6 heterocycles. The number of rotatable bonds is 5. The van der Waals surface area contributed by atoms with Gasteiger partial charge in [-0.1, -0.05) is 24.0 Å². The molecule has 10 heteroatoms. The smallest absolute Gasteiger partial charge is 0.319 e. The molecule has 0 amide bonds. The van der Waals surface area contributed by atoms with Crippen molar-refractivity contribution < 1.29 is 18.6 Å². The van der Waals surface area contributed by atoms with Gasteiger partial charge in [0.15, 0.2) is 5.82 Å². The fourth-order valence-corrected chi connectivity index (χ4v) is 8.15. The molecule has 2 N–H and O–H groups in total. The van der Waals surface area contributed by atoms with Crippen LogP contribution >= 0.6 is 0 Å². The SMILES string of the molecule is C#Cc1cccc2cc(O)cc(-c3nc(C#CC)c4c(N5C[C@H]6CC[C@@H](C5)N6)nc(OC[C@@]56CCCN5C[C@H](F)C6)nc4c3F)c12. The summed E-state index contributed by atoms with van der Waals surface area (Å²) in [7, 11) is 0. The van der Waals surface area contributed by atoms with Crippen LogP contribution in [0, 0.1) is 30.0 Å². The Balaban J connectivity index is 1.34. The number of terminal acetylenes is 1. The van der Waals surface area contributed by atoms with E-state index < -0.39 is 17.5 Å². The van der Waals surface area contributed by atoms with Crippen molar-refractivity contribution in [3.8, 4) is 47.2 Å². The zero-order chi connectivity index (χ0) is 31.6. The molecule has 4 fully saturated rings. The number of alkyl halides is 1. The summed E-state index contributed by atoms with van der Waals surface area (Å²) in [5.74, 6) is 8.49. The number of phenols is 1. The number of benzene rings is 2. The van der Waals surface area contributed by atoms with Crippen molar-refractivity contribution in [3.63, 3.8) is 0 Å². The van der Waals surface area contributed by atoms with E-state index in [-0.39, 0.29) is 41.7 Å². The van der Waals surface area contributed by atoms with Crippen LogP contribution in [0.5, 0.6) is 11.8 Å². The second-order valence-electron chi connectivity index (χ2n) is 13.0. The van der Waals surface area contributed by atoms with Gasteiger partial charge in [0.05, 0.1) is 10.9 Å². The lowest BCUT2D eigenvalue weighted by Gasteiger charge is -2.35. The van der Waals surface area contributed by atoms with Gasteiger partial charge in [-0.25, -0.2) is 13.8 Å². The highest BCUT2D eigenvalue weighted by Gasteiger charge is 2.49. The molecule has 234 valence electrons. The molecule has 8 nitrogen and oxygen atoms in total. The first-order chi connectivity index (χ1) is 22.4. The van der Waals surface area contributed by atoms with Gasteiger partial charge in [-0.3, -0.25) is 4.90 Å². The van der Waals surface area contributed by atoms with Crippen molar-refractivity contribution in [1.29, 1.82) is 0 Å². The standard InChI is InChI=1S/C36H34F2N6O2/c1-3-7-28-30-33(31(38)32(40-28)27-15-26(45)14-22-9-5-8-21(4-2)29(22)27)41-35(42-34(30)43-18-24-10-11-25(19-43)39-24)46-20-36-12-6-13-44(36)17-23(37)16-36/h2,5,8-9,14-15,23-25,39,45H,6,10-13,16-20H2,1H3/t23-,24-,25+,36+/m1/s1. The summed E-state index contributed by atoms with van der Waals surface area (Å²) >= 11 is 0. The third kappa shape index (κ3) is 4.71. The number of piperazine rings is 1. The van der Waals surface area contributed by atoms with E-state index in [1.165, 1.54) is 6.07 Å². The summed E-state index contributed by atoms with van der Waals surface area (Å²) in [5, 5.41) is 16.0. The minimum absolute atomic E-state index is 0.0264. The van der Waals surface area contributed by atoms with Crippen LogP contribution in [0.4, 0.5) is 14.6 Å². The predicted molar refractivity (Wildman–Crippen MR) is 173 cm³/mol. The number of anilines is 1. The van der Waals surface area contributed by atoms with Gasteiger partial charge in [-0.15, -0.1) is 6.42 Å². The van der Waals surface area contributed by atoms with Gasteiger partial charge in [-0.05, 0) is 68.7 Å². The molecule has 46 heavy (non-hydrogen) atoms. The van der Waals surface area contributed by atoms with E-state index in [1.807, 2.05) is 6.07 Å². The largest absolute Gasteiger partial charge is 0.508 e. The van der Waals surface area contributed by atoms with Crippen LogP contribution in [0.3, 0.4) is 0 Å². The molecule has 0 saturated carbocycles. The molecule has 0 aliphatic carbocycles. The summed E-state index contributed by atoms with van der Waals surface area (Å²) in [6.07, 6.45) is 9.27. The number of aromatic nitrogens is 3. The van der Waals surface area contributed by atoms with E-state index in [2.05, 4.69) is 37.9 Å². The van der Waals surface area contributed by atoms with Gasteiger partial charge >= 0.3 is 6.01 Å². The number of pyridine rings is 1. The maximum atomic E-state index is 17.1. The number of hydrogen-bond acceptors (Lipinski definition) is 8. The molecule has 4 saturated heterocycles. The Labute approximate surface area is 266 Å². The summed E-state index contributed by atoms with van der Waals surface area (Å²) in [6, 6.07) is 9.06. The molecular formula is C36H34F2N6O2. The molecule has 4 aliphatic heterocycles. The van der Waals surface area contributed by atoms with Crippen molar-refractivity contribution in [2.45, 2.75) is 62.8 Å². The van der Waals surface area contributed by atoms with E-state index in [9.17, 15) is 9.50 Å². The molecule has 0 unspecified atom stereocenters. The molecule has 0 spiro atoms. The van der Waals surface area contributed by atoms with Gasteiger partial charge < -0.3 is 20.1 Å². The Hall–Kier alpha value is -4.51. The van der Waals surface area contributed by atoms with Crippen LogP contribution < -0.4 is 15.0 Å². The monoisotopic (exact) mass is 620 g/mol. The summed E-state index contributed by atoms with van der Waals surface area (Å²) < 4.78 is 37.9. The molecular weight excluding hydrogens is 586 g/mol. The van der Waals surface area contributed by atoms with Gasteiger partial charge in [0.25, 0.3) is 0 Å². The van der Waals surface area contributed by atoms with Gasteiger partial charge in [0, 0.05) is 54.7 Å². The Morgan fingerprint density at radius 1 is 1.13 bits per heavy atom. The first-order valence-corrected chi connectivity index (χ1v) is 16.0. The Bertz CT molecular complexity index is 1990. The van der Waals surface area contributed by atoms with Crippen molar-refractivity contribution >= 4 is 27.5 Å². The molecule has 4 atom stereocenters. The fourth-order valence-electron chi connectivity index (χ4n) is 8.15. The summed E-state index contributed by atoms with van der Waals surface area (Å²) in [5.41, 5.74) is 0.793. The van der Waals surface area contributed by atoms with Crippen LogP contribution in [0.1, 0.15) is 50.3 Å². The molecule has 2 bridgehead atoms. The quantitative estimate of drug-likeness (QED) is 0.304. The zero-order valence-electron chi connectivity index (χ0n) is 25.6. The number of ether oxygens (including phenoxy) is 1. The lowest BCUT2D eigenvalue weighted by Crippen LogP contribution is -2.51. The first kappa shape index (κ1) is 28.9. The van der Waals surface area contributed by atoms with Crippen LogP contribution in [0.15, 0.2) is 30.3 Å². The molecule has 0 radical (unpaired) electrons. The van der Waals surface area contributed by atoms with Crippen LogP contribution in [0.25, 0.3) is 32.9 Å². The molecule has 2 aromatic heterocycles. The highest BCUT2D eigenvalue weighted by atomic mass is 19.1. The normalized spacial score (nSPS) is 25.4. The molecule has 4 aromatic rings. The Kier molecular flexibility index (Phi) is 6.97. The van der Waals surface area contributed by atoms with Crippen molar-refractivity contribution in [1.82, 2.24) is 25.2 Å². The average molecular weight is 621 g/mol. The lowest BCUT2D eigenvalue weighted by molar-refractivity contribution is 0.107. The maximum Gasteiger partial charge on any atom is 0.319 e. The fraction of sp³-hybridized carbons (Fsp3) is 0.417. The minimum Gasteiger partial charge on any atom is -0.508 e. The first-order valence-electron chi connectivity index (χ1n) is 16.0. The highest BCUT2D eigenvalue weighted by Crippen LogP contribution is 2.42. The molecule has 2 aromatic carbocycles. The van der Waals surface area contributed by atoms with E-state index >= 15 is 4.39 Å². The van der Waals surface area contributed by atoms with Crippen molar-refractivity contribution in [2.24, 2.45) is 0 Å². The van der Waals surface area contributed by atoms with Gasteiger partial charge in [-0.2, -0.15) is 9.97 Å². The second kappa shape index (κ2) is 11.1. The van der Waals surface area contributed by atoms with Gasteiger partial charge in [0.2, 0.25) is 0 Å².